The molecule has 4 aliphatic rings. The highest BCUT2D eigenvalue weighted by molar-refractivity contribution is 8.02. The maximum absolute atomic E-state index is 14.5. The van der Waals surface area contributed by atoms with E-state index in [-0.39, 0.29) is 29.6 Å². The fourth-order valence-electron chi connectivity index (χ4n) is 6.67. The summed E-state index contributed by atoms with van der Waals surface area (Å²) in [6.45, 7) is 1.24. The van der Waals surface area contributed by atoms with Gasteiger partial charge in [-0.15, -0.1) is 11.8 Å². The van der Waals surface area contributed by atoms with Crippen LogP contribution in [0.4, 0.5) is 11.4 Å². The zero-order chi connectivity index (χ0) is 27.9. The number of halogens is 1. The minimum atomic E-state index is -0.879. The Bertz CT molecular complexity index is 1370. The van der Waals surface area contributed by atoms with Crippen LogP contribution in [0.5, 0.6) is 0 Å². The number of aliphatic hydroxyl groups is 1. The molecule has 6 rings (SSSR count). The number of carbonyl (C=O) groups is 3. The van der Waals surface area contributed by atoms with Crippen molar-refractivity contribution in [1.82, 2.24) is 4.90 Å². The number of benzene rings is 2. The van der Waals surface area contributed by atoms with Crippen LogP contribution in [0.15, 0.2) is 78.9 Å². The van der Waals surface area contributed by atoms with Crippen molar-refractivity contribution in [3.63, 3.8) is 0 Å². The average Bonchev–Trinajstić information content (AvgIpc) is 3.27. The van der Waals surface area contributed by atoms with Crippen molar-refractivity contribution in [2.75, 3.05) is 36.0 Å². The fourth-order valence-corrected chi connectivity index (χ4v) is 8.92. The molecule has 1 spiro atoms. The van der Waals surface area contributed by atoms with E-state index in [4.69, 9.17) is 11.6 Å². The van der Waals surface area contributed by atoms with Crippen LogP contribution in [0.2, 0.25) is 5.02 Å². The summed E-state index contributed by atoms with van der Waals surface area (Å²) in [6, 6.07) is 16.0. The maximum atomic E-state index is 14.5. The topological polar surface area (TPSA) is 81.2 Å². The van der Waals surface area contributed by atoms with E-state index in [0.717, 1.165) is 12.1 Å². The van der Waals surface area contributed by atoms with Gasteiger partial charge in [-0.05, 0) is 43.5 Å². The summed E-state index contributed by atoms with van der Waals surface area (Å²) >= 11 is 8.11. The molecule has 2 fully saturated rings. The van der Waals surface area contributed by atoms with Crippen LogP contribution < -0.4 is 9.80 Å². The number of likely N-dealkylation sites (tertiary alicyclic amines) is 1. The Balaban J connectivity index is 1.42. The van der Waals surface area contributed by atoms with E-state index in [1.807, 2.05) is 72.8 Å². The molecule has 4 heterocycles. The number of hydrogen-bond acceptors (Lipinski definition) is 5. The fraction of sp³-hybridized carbons (Fsp3) is 0.387. The minimum Gasteiger partial charge on any atom is -0.396 e. The van der Waals surface area contributed by atoms with E-state index in [1.54, 1.807) is 32.5 Å². The number of amides is 3. The molecule has 3 amide bonds. The third kappa shape index (κ3) is 4.37. The second-order valence-corrected chi connectivity index (χ2v) is 12.6. The SMILES string of the molecule is O=C1[C@@H]2[C@H](C=CCN1c1ccccc1)S[C@]13C=CCN(c4ccccc4Cl)C(=O)C1N(CCCCCO)C(=O)[C@H]23. The van der Waals surface area contributed by atoms with E-state index >= 15 is 0 Å². The lowest BCUT2D eigenvalue weighted by Crippen LogP contribution is -2.53. The van der Waals surface area contributed by atoms with Crippen molar-refractivity contribution >= 4 is 52.5 Å². The number of carbonyl (C=O) groups excluding carboxylic acids is 3. The first-order valence-electron chi connectivity index (χ1n) is 13.8. The Labute approximate surface area is 243 Å². The van der Waals surface area contributed by atoms with Gasteiger partial charge < -0.3 is 19.8 Å². The molecule has 2 saturated heterocycles. The molecule has 0 radical (unpaired) electrons. The highest BCUT2D eigenvalue weighted by atomic mass is 35.5. The molecule has 0 saturated carbocycles. The number of anilines is 2. The van der Waals surface area contributed by atoms with Crippen LogP contribution in [-0.4, -0.2) is 70.0 Å². The number of rotatable bonds is 7. The third-order valence-corrected chi connectivity index (χ3v) is 10.5. The smallest absolute Gasteiger partial charge is 0.251 e. The van der Waals surface area contributed by atoms with Crippen molar-refractivity contribution in [1.29, 1.82) is 0 Å². The quantitative estimate of drug-likeness (QED) is 0.392. The summed E-state index contributed by atoms with van der Waals surface area (Å²) < 4.78 is -0.879. The van der Waals surface area contributed by atoms with Gasteiger partial charge in [-0.25, -0.2) is 0 Å². The number of hydrogen-bond donors (Lipinski definition) is 1. The second-order valence-electron chi connectivity index (χ2n) is 10.7. The van der Waals surface area contributed by atoms with Crippen LogP contribution in [-0.2, 0) is 14.4 Å². The lowest BCUT2D eigenvalue weighted by molar-refractivity contribution is -0.138. The first-order chi connectivity index (χ1) is 19.5. The lowest BCUT2D eigenvalue weighted by Gasteiger charge is -2.35. The van der Waals surface area contributed by atoms with Gasteiger partial charge in [0.1, 0.15) is 6.04 Å². The van der Waals surface area contributed by atoms with Crippen LogP contribution in [0.1, 0.15) is 19.3 Å². The van der Waals surface area contributed by atoms with E-state index in [9.17, 15) is 19.5 Å². The van der Waals surface area contributed by atoms with Crippen molar-refractivity contribution in [2.45, 2.75) is 35.3 Å². The summed E-state index contributed by atoms with van der Waals surface area (Å²) in [5, 5.41) is 9.53. The van der Waals surface area contributed by atoms with Gasteiger partial charge >= 0.3 is 0 Å². The Morgan fingerprint density at radius 1 is 0.875 bits per heavy atom. The van der Waals surface area contributed by atoms with Crippen molar-refractivity contribution < 1.29 is 19.5 Å². The molecule has 1 N–H and O–H groups in total. The van der Waals surface area contributed by atoms with Gasteiger partial charge in [0.2, 0.25) is 11.8 Å². The first kappa shape index (κ1) is 27.1. The molecule has 0 aliphatic carbocycles. The molecular formula is C31H32ClN3O4S. The Hall–Kier alpha value is -3.07. The number of fused-ring (bicyclic) bond motifs is 2. The molecule has 5 atom stereocenters. The molecule has 4 aliphatic heterocycles. The van der Waals surface area contributed by atoms with Crippen LogP contribution in [0, 0.1) is 11.8 Å². The number of thioether (sulfide) groups is 1. The molecule has 2 aromatic rings. The van der Waals surface area contributed by atoms with Crippen molar-refractivity contribution in [2.24, 2.45) is 11.8 Å². The molecule has 40 heavy (non-hydrogen) atoms. The predicted molar refractivity (Wildman–Crippen MR) is 158 cm³/mol. The van der Waals surface area contributed by atoms with E-state index in [0.29, 0.717) is 43.2 Å². The van der Waals surface area contributed by atoms with Crippen molar-refractivity contribution in [3.05, 3.63) is 83.9 Å². The molecule has 0 bridgehead atoms. The number of para-hydroxylation sites is 2. The van der Waals surface area contributed by atoms with Crippen molar-refractivity contribution in [3.8, 4) is 0 Å². The van der Waals surface area contributed by atoms with Crippen LogP contribution in [0.25, 0.3) is 0 Å². The molecule has 9 heteroatoms. The number of aliphatic hydroxyl groups excluding tert-OH is 1. The largest absolute Gasteiger partial charge is 0.396 e. The highest BCUT2D eigenvalue weighted by Crippen LogP contribution is 2.61. The summed E-state index contributed by atoms with van der Waals surface area (Å²) in [4.78, 5) is 48.2. The lowest BCUT2D eigenvalue weighted by atomic mass is 9.78. The predicted octanol–water partition coefficient (Wildman–Crippen LogP) is 4.31. The van der Waals surface area contributed by atoms with Gasteiger partial charge in [0.05, 0.1) is 27.3 Å². The summed E-state index contributed by atoms with van der Waals surface area (Å²) in [7, 11) is 0. The van der Waals surface area contributed by atoms with Crippen LogP contribution >= 0.6 is 23.4 Å². The summed E-state index contributed by atoms with van der Waals surface area (Å²) in [5.41, 5.74) is 1.40. The molecule has 208 valence electrons. The monoisotopic (exact) mass is 577 g/mol. The Morgan fingerprint density at radius 3 is 2.40 bits per heavy atom. The molecule has 2 aromatic carbocycles. The molecule has 1 unspecified atom stereocenters. The Morgan fingerprint density at radius 2 is 1.62 bits per heavy atom. The van der Waals surface area contributed by atoms with Gasteiger partial charge in [0.15, 0.2) is 0 Å². The average molecular weight is 578 g/mol. The zero-order valence-corrected chi connectivity index (χ0v) is 23.6. The number of unbranched alkanes of at least 4 members (excludes halogenated alkanes) is 2. The van der Waals surface area contributed by atoms with E-state index in [2.05, 4.69) is 0 Å². The third-order valence-electron chi connectivity index (χ3n) is 8.43. The summed E-state index contributed by atoms with van der Waals surface area (Å²) in [6.07, 6.45) is 10.1. The number of nitrogens with zero attached hydrogens (tertiary/aromatic N) is 3. The molecule has 7 nitrogen and oxygen atoms in total. The van der Waals surface area contributed by atoms with Gasteiger partial charge in [0.25, 0.3) is 5.91 Å². The standard InChI is InChI=1S/C31H32ClN3O4S/c32-22-13-5-6-14-23(22)34-19-10-16-31-26(29(38)35(27(31)30(34)39)17-7-2-8-20-36)25-24(40-31)15-9-18-33(28(25)37)21-11-3-1-4-12-21/h1,3-6,9-16,24-27,36H,2,7-8,17-20H2/t24-,25+,26-,27?,31-/m0/s1. The van der Waals surface area contributed by atoms with E-state index < -0.39 is 22.6 Å². The molecular weight excluding hydrogens is 546 g/mol. The normalized spacial score (nSPS) is 29.4. The minimum absolute atomic E-state index is 0.0850. The van der Waals surface area contributed by atoms with Crippen LogP contribution in [0.3, 0.4) is 0 Å². The maximum Gasteiger partial charge on any atom is 0.251 e. The van der Waals surface area contributed by atoms with Gasteiger partial charge in [-0.1, -0.05) is 66.2 Å². The highest BCUT2D eigenvalue weighted by Gasteiger charge is 2.71. The van der Waals surface area contributed by atoms with Gasteiger partial charge in [0, 0.05) is 37.2 Å². The van der Waals surface area contributed by atoms with E-state index in [1.165, 1.54) is 0 Å². The summed E-state index contributed by atoms with van der Waals surface area (Å²) in [5.74, 6) is -1.68. The first-order valence-corrected chi connectivity index (χ1v) is 15.1. The molecule has 0 aromatic heterocycles. The zero-order valence-electron chi connectivity index (χ0n) is 22.1. The van der Waals surface area contributed by atoms with Gasteiger partial charge in [-0.2, -0.15) is 0 Å². The second kappa shape index (κ2) is 11.1. The van der Waals surface area contributed by atoms with Gasteiger partial charge in [-0.3, -0.25) is 14.4 Å². The Kier molecular flexibility index (Phi) is 7.50.